The summed E-state index contributed by atoms with van der Waals surface area (Å²) in [5.41, 5.74) is 4.50. The summed E-state index contributed by atoms with van der Waals surface area (Å²) in [6.45, 7) is 4.95. The Kier molecular flexibility index (Phi) is 11.9. The SMILES string of the molecule is CCOc1ccc(NC(=O)CCC(=O)NN=Cc2cc(Br)c(OCc3ccc(Cl)cc3Cl)c(OCC)c2)cc1. The Morgan fingerprint density at radius 3 is 2.33 bits per heavy atom. The van der Waals surface area contributed by atoms with Crippen LogP contribution < -0.4 is 25.0 Å². The van der Waals surface area contributed by atoms with Crippen molar-refractivity contribution in [3.05, 3.63) is 80.2 Å². The third-order valence-corrected chi connectivity index (χ3v) is 6.33. The number of benzene rings is 3. The summed E-state index contributed by atoms with van der Waals surface area (Å²) in [4.78, 5) is 24.3. The van der Waals surface area contributed by atoms with Gasteiger partial charge in [-0.25, -0.2) is 5.43 Å². The fraction of sp³-hybridized carbons (Fsp3) is 0.250. The number of nitrogens with zero attached hydrogens (tertiary/aromatic N) is 1. The molecule has 0 aliphatic heterocycles. The van der Waals surface area contributed by atoms with Gasteiger partial charge in [0.2, 0.25) is 11.8 Å². The van der Waals surface area contributed by atoms with E-state index in [4.69, 9.17) is 37.4 Å². The molecule has 0 spiro atoms. The van der Waals surface area contributed by atoms with Crippen LogP contribution in [-0.2, 0) is 16.2 Å². The van der Waals surface area contributed by atoms with E-state index in [0.29, 0.717) is 50.5 Å². The maximum atomic E-state index is 12.2. The molecule has 0 heterocycles. The van der Waals surface area contributed by atoms with Crippen molar-refractivity contribution in [2.75, 3.05) is 18.5 Å². The first-order chi connectivity index (χ1) is 18.8. The molecule has 0 aliphatic carbocycles. The van der Waals surface area contributed by atoms with E-state index in [1.54, 1.807) is 54.6 Å². The van der Waals surface area contributed by atoms with Crippen molar-refractivity contribution < 1.29 is 23.8 Å². The molecular formula is C28H28BrCl2N3O5. The second-order valence-electron chi connectivity index (χ2n) is 8.09. The fourth-order valence-electron chi connectivity index (χ4n) is 3.34. The lowest BCUT2D eigenvalue weighted by Gasteiger charge is -2.15. The summed E-state index contributed by atoms with van der Waals surface area (Å²) < 4.78 is 17.7. The van der Waals surface area contributed by atoms with E-state index >= 15 is 0 Å². The molecule has 0 aliphatic rings. The molecule has 0 atom stereocenters. The molecule has 3 aromatic rings. The number of amides is 2. The smallest absolute Gasteiger partial charge is 0.240 e. The van der Waals surface area contributed by atoms with Crippen LogP contribution in [0.2, 0.25) is 10.0 Å². The average molecular weight is 637 g/mol. The standard InChI is InChI=1S/C28H28BrCl2N3O5/c1-3-37-22-9-7-21(8-10-22)33-26(35)11-12-27(36)34-32-16-18-13-23(29)28(25(14-18)38-4-2)39-17-19-5-6-20(30)15-24(19)31/h5-10,13-16H,3-4,11-12,17H2,1-2H3,(H,33,35)(H,34,36). The highest BCUT2D eigenvalue weighted by molar-refractivity contribution is 9.10. The Labute approximate surface area is 245 Å². The van der Waals surface area contributed by atoms with Gasteiger partial charge in [-0.2, -0.15) is 5.10 Å². The molecule has 11 heteroatoms. The van der Waals surface area contributed by atoms with Gasteiger partial charge in [0.1, 0.15) is 12.4 Å². The first-order valence-corrected chi connectivity index (χ1v) is 13.7. The van der Waals surface area contributed by atoms with Crippen LogP contribution in [0.25, 0.3) is 0 Å². The van der Waals surface area contributed by atoms with Gasteiger partial charge in [-0.3, -0.25) is 9.59 Å². The molecule has 8 nitrogen and oxygen atoms in total. The zero-order chi connectivity index (χ0) is 28.2. The van der Waals surface area contributed by atoms with Gasteiger partial charge in [0, 0.05) is 34.1 Å². The molecule has 206 valence electrons. The minimum atomic E-state index is -0.392. The monoisotopic (exact) mass is 635 g/mol. The lowest BCUT2D eigenvalue weighted by atomic mass is 10.2. The zero-order valence-electron chi connectivity index (χ0n) is 21.4. The Morgan fingerprint density at radius 1 is 0.923 bits per heavy atom. The van der Waals surface area contributed by atoms with Gasteiger partial charge in [-0.15, -0.1) is 0 Å². The summed E-state index contributed by atoms with van der Waals surface area (Å²) in [7, 11) is 0. The second-order valence-corrected chi connectivity index (χ2v) is 9.78. The Balaban J connectivity index is 1.53. The number of hydrogen-bond acceptors (Lipinski definition) is 6. The minimum absolute atomic E-state index is 0.0122. The van der Waals surface area contributed by atoms with Crippen LogP contribution in [0, 0.1) is 0 Å². The lowest BCUT2D eigenvalue weighted by molar-refractivity contribution is -0.124. The second kappa shape index (κ2) is 15.4. The maximum absolute atomic E-state index is 12.2. The first-order valence-electron chi connectivity index (χ1n) is 12.2. The van der Waals surface area contributed by atoms with Crippen molar-refractivity contribution in [1.82, 2.24) is 5.43 Å². The highest BCUT2D eigenvalue weighted by Gasteiger charge is 2.14. The number of hydrazone groups is 1. The van der Waals surface area contributed by atoms with Crippen molar-refractivity contribution in [1.29, 1.82) is 0 Å². The van der Waals surface area contributed by atoms with Crippen LogP contribution in [-0.4, -0.2) is 31.2 Å². The van der Waals surface area contributed by atoms with Gasteiger partial charge < -0.3 is 19.5 Å². The molecule has 0 radical (unpaired) electrons. The predicted molar refractivity (Wildman–Crippen MR) is 157 cm³/mol. The Morgan fingerprint density at radius 2 is 1.64 bits per heavy atom. The molecule has 0 saturated heterocycles. The van der Waals surface area contributed by atoms with Crippen molar-refractivity contribution in [2.24, 2.45) is 5.10 Å². The largest absolute Gasteiger partial charge is 0.494 e. The molecule has 3 rings (SSSR count). The van der Waals surface area contributed by atoms with Crippen molar-refractivity contribution in [3.8, 4) is 17.2 Å². The van der Waals surface area contributed by atoms with Crippen LogP contribution in [0.1, 0.15) is 37.8 Å². The molecule has 39 heavy (non-hydrogen) atoms. The third-order valence-electron chi connectivity index (χ3n) is 5.15. The molecule has 2 amide bonds. The summed E-state index contributed by atoms with van der Waals surface area (Å²) in [6, 6.07) is 15.7. The molecule has 2 N–H and O–H groups in total. The van der Waals surface area contributed by atoms with Crippen LogP contribution in [0.4, 0.5) is 5.69 Å². The number of nitrogens with one attached hydrogen (secondary N) is 2. The number of carbonyl (C=O) groups is 2. The lowest BCUT2D eigenvalue weighted by Crippen LogP contribution is -2.20. The third kappa shape index (κ3) is 9.76. The number of halogens is 3. The molecule has 0 fully saturated rings. The van der Waals surface area contributed by atoms with Gasteiger partial charge in [0.05, 0.1) is 23.9 Å². The number of rotatable bonds is 13. The van der Waals surface area contributed by atoms with Crippen LogP contribution in [0.15, 0.2) is 64.2 Å². The Bertz CT molecular complexity index is 1320. The van der Waals surface area contributed by atoms with E-state index in [1.165, 1.54) is 6.21 Å². The summed E-state index contributed by atoms with van der Waals surface area (Å²) in [5.74, 6) is 1.05. The zero-order valence-corrected chi connectivity index (χ0v) is 24.5. The molecular weight excluding hydrogens is 609 g/mol. The molecule has 0 aromatic heterocycles. The summed E-state index contributed by atoms with van der Waals surface area (Å²) in [6.07, 6.45) is 1.47. The van der Waals surface area contributed by atoms with E-state index in [2.05, 4.69) is 31.8 Å². The van der Waals surface area contributed by atoms with Gasteiger partial charge in [0.25, 0.3) is 0 Å². The topological polar surface area (TPSA) is 98.2 Å². The normalized spacial score (nSPS) is 10.8. The van der Waals surface area contributed by atoms with E-state index in [0.717, 1.165) is 11.3 Å². The van der Waals surface area contributed by atoms with E-state index in [1.807, 2.05) is 13.8 Å². The van der Waals surface area contributed by atoms with Gasteiger partial charge in [-0.05, 0) is 83.9 Å². The summed E-state index contributed by atoms with van der Waals surface area (Å²) in [5, 5.41) is 7.79. The molecule has 0 unspecified atom stereocenters. The van der Waals surface area contributed by atoms with Crippen molar-refractivity contribution in [3.63, 3.8) is 0 Å². The maximum Gasteiger partial charge on any atom is 0.240 e. The van der Waals surface area contributed by atoms with Gasteiger partial charge in [-0.1, -0.05) is 29.3 Å². The first kappa shape index (κ1) is 30.3. The van der Waals surface area contributed by atoms with Crippen LogP contribution >= 0.6 is 39.1 Å². The molecule has 3 aromatic carbocycles. The number of carbonyl (C=O) groups excluding carboxylic acids is 2. The minimum Gasteiger partial charge on any atom is -0.494 e. The van der Waals surface area contributed by atoms with Crippen molar-refractivity contribution >= 4 is 62.8 Å². The summed E-state index contributed by atoms with van der Waals surface area (Å²) >= 11 is 15.7. The molecule has 0 bridgehead atoms. The highest BCUT2D eigenvalue weighted by Crippen LogP contribution is 2.37. The number of anilines is 1. The molecule has 0 saturated carbocycles. The Hall–Kier alpha value is -3.27. The fourth-order valence-corrected chi connectivity index (χ4v) is 4.38. The average Bonchev–Trinajstić information content (AvgIpc) is 2.89. The number of ether oxygens (including phenoxy) is 3. The van der Waals surface area contributed by atoms with Crippen LogP contribution in [0.3, 0.4) is 0 Å². The van der Waals surface area contributed by atoms with E-state index in [9.17, 15) is 9.59 Å². The van der Waals surface area contributed by atoms with E-state index in [-0.39, 0.29) is 25.4 Å². The quantitative estimate of drug-likeness (QED) is 0.155. The van der Waals surface area contributed by atoms with Crippen LogP contribution in [0.5, 0.6) is 17.2 Å². The van der Waals surface area contributed by atoms with Crippen molar-refractivity contribution in [2.45, 2.75) is 33.3 Å². The van der Waals surface area contributed by atoms with Gasteiger partial charge in [0.15, 0.2) is 11.5 Å². The highest BCUT2D eigenvalue weighted by atomic mass is 79.9. The van der Waals surface area contributed by atoms with Gasteiger partial charge >= 0.3 is 0 Å². The number of hydrogen-bond donors (Lipinski definition) is 2. The predicted octanol–water partition coefficient (Wildman–Crippen LogP) is 7.00. The van der Waals surface area contributed by atoms with E-state index < -0.39 is 5.91 Å².